The lowest BCUT2D eigenvalue weighted by Crippen LogP contribution is -2.27. The van der Waals surface area contributed by atoms with Crippen molar-refractivity contribution in [3.63, 3.8) is 0 Å². The van der Waals surface area contributed by atoms with Crippen molar-refractivity contribution in [2.75, 3.05) is 17.2 Å². The van der Waals surface area contributed by atoms with Gasteiger partial charge in [0.25, 0.3) is 5.91 Å². The van der Waals surface area contributed by atoms with E-state index >= 15 is 0 Å². The Bertz CT molecular complexity index is 1130. The Labute approximate surface area is 185 Å². The molecule has 0 bridgehead atoms. The van der Waals surface area contributed by atoms with Gasteiger partial charge in [-0.15, -0.1) is 9.73 Å². The first-order chi connectivity index (χ1) is 14.5. The number of hydrogen-bond acceptors (Lipinski definition) is 5. The average molecular weight is 447 g/mol. The molecule has 31 heavy (non-hydrogen) atoms. The Balaban J connectivity index is 1.98. The van der Waals surface area contributed by atoms with Crippen molar-refractivity contribution in [3.05, 3.63) is 28.9 Å². The smallest absolute Gasteiger partial charge is 0.253 e. The Morgan fingerprint density at radius 2 is 1.97 bits per heavy atom. The number of carbonyl (C=O) groups is 2. The predicted octanol–water partition coefficient (Wildman–Crippen LogP) is 4.00. The fourth-order valence-electron chi connectivity index (χ4n) is 3.09. The number of halogens is 1. The van der Waals surface area contributed by atoms with Gasteiger partial charge in [0, 0.05) is 30.2 Å². The number of aromatic amines is 1. The molecule has 1 aromatic carbocycles. The maximum Gasteiger partial charge on any atom is 0.253 e. The van der Waals surface area contributed by atoms with Crippen LogP contribution in [0.25, 0.3) is 17.0 Å². The predicted molar refractivity (Wildman–Crippen MR) is 121 cm³/mol. The first-order valence-electron chi connectivity index (χ1n) is 10.0. The lowest BCUT2D eigenvalue weighted by Gasteiger charge is -2.15. The van der Waals surface area contributed by atoms with E-state index in [0.717, 1.165) is 5.69 Å². The molecule has 2 heterocycles. The van der Waals surface area contributed by atoms with Crippen LogP contribution in [0, 0.1) is 0 Å². The quantitative estimate of drug-likeness (QED) is 0.529. The number of ether oxygens (including phenoxy) is 1. The number of anilines is 2. The molecule has 10 heteroatoms. The van der Waals surface area contributed by atoms with Gasteiger partial charge in [0.15, 0.2) is 11.5 Å². The third kappa shape index (κ3) is 4.88. The minimum atomic E-state index is -0.592. The van der Waals surface area contributed by atoms with E-state index in [1.54, 1.807) is 25.1 Å². The zero-order valence-electron chi connectivity index (χ0n) is 18.5. The zero-order chi connectivity index (χ0) is 22.9. The normalized spacial score (nSPS) is 12.7. The van der Waals surface area contributed by atoms with Gasteiger partial charge < -0.3 is 20.4 Å². The average Bonchev–Trinajstić information content (AvgIpc) is 3.21. The Kier molecular flexibility index (Phi) is 6.38. The fourth-order valence-corrected chi connectivity index (χ4v) is 3.53. The van der Waals surface area contributed by atoms with Gasteiger partial charge in [0.1, 0.15) is 11.1 Å². The maximum atomic E-state index is 12.3. The monoisotopic (exact) mass is 446 g/mol. The number of fused-ring (bicyclic) bond motifs is 1. The summed E-state index contributed by atoms with van der Waals surface area (Å²) in [5.74, 6) is -0.0488. The molecule has 0 spiro atoms. The van der Waals surface area contributed by atoms with Crippen molar-refractivity contribution in [2.45, 2.75) is 53.1 Å². The molecule has 0 saturated carbocycles. The molecule has 1 atom stereocenters. The molecule has 0 radical (unpaired) electrons. The summed E-state index contributed by atoms with van der Waals surface area (Å²) in [5.41, 5.74) is 2.71. The molecule has 3 rings (SSSR count). The van der Waals surface area contributed by atoms with E-state index in [9.17, 15) is 9.59 Å². The molecule has 0 saturated heterocycles. The number of carbonyl (C=O) groups excluding carboxylic acids is 2. The van der Waals surface area contributed by atoms with E-state index in [4.69, 9.17) is 16.3 Å². The lowest BCUT2D eigenvalue weighted by molar-refractivity contribution is -0.126. The Morgan fingerprint density at radius 3 is 2.55 bits per heavy atom. The molecule has 166 valence electrons. The standard InChI is InChI=1S/C21H27ClN6O3/c1-7-31-11(2)20(30)24-13-8-9-14(15(10-13)23-12(3)29)18-25-19-16(22)17(21(4,5)6)26-28(19)27-18/h8-11H,7H2,1-6H3,(H,23,29)(H,24,30)(H,25,27). The Hall–Kier alpha value is -2.91. The van der Waals surface area contributed by atoms with Crippen LogP contribution in [0.5, 0.6) is 0 Å². The second-order valence-electron chi connectivity index (χ2n) is 8.25. The lowest BCUT2D eigenvalue weighted by atomic mass is 9.92. The zero-order valence-corrected chi connectivity index (χ0v) is 19.2. The van der Waals surface area contributed by atoms with Crippen LogP contribution in [0.15, 0.2) is 18.2 Å². The second kappa shape index (κ2) is 8.68. The maximum absolute atomic E-state index is 12.3. The van der Waals surface area contributed by atoms with Gasteiger partial charge >= 0.3 is 0 Å². The molecule has 2 amide bonds. The number of benzene rings is 1. The molecule has 3 aromatic rings. The van der Waals surface area contributed by atoms with Crippen LogP contribution in [0.1, 0.15) is 47.2 Å². The van der Waals surface area contributed by atoms with Crippen molar-refractivity contribution >= 4 is 40.4 Å². The number of hydrogen-bond donors (Lipinski definition) is 3. The third-order valence-corrected chi connectivity index (χ3v) is 4.95. The minimum absolute atomic E-state index is 0.231. The second-order valence-corrected chi connectivity index (χ2v) is 8.63. The van der Waals surface area contributed by atoms with Crippen LogP contribution < -0.4 is 10.6 Å². The summed E-state index contributed by atoms with van der Waals surface area (Å²) in [5, 5.41) is 15.1. The highest BCUT2D eigenvalue weighted by molar-refractivity contribution is 6.34. The number of nitrogens with zero attached hydrogens (tertiary/aromatic N) is 3. The van der Waals surface area contributed by atoms with E-state index in [1.165, 1.54) is 11.6 Å². The Morgan fingerprint density at radius 1 is 1.26 bits per heavy atom. The minimum Gasteiger partial charge on any atom is -0.369 e. The van der Waals surface area contributed by atoms with E-state index in [2.05, 4.69) is 25.8 Å². The molecule has 9 nitrogen and oxygen atoms in total. The highest BCUT2D eigenvalue weighted by Crippen LogP contribution is 2.34. The molecular formula is C21H27ClN6O3. The molecule has 3 N–H and O–H groups in total. The van der Waals surface area contributed by atoms with Crippen LogP contribution in [0.3, 0.4) is 0 Å². The molecule has 0 aliphatic carbocycles. The third-order valence-electron chi connectivity index (χ3n) is 4.59. The summed E-state index contributed by atoms with van der Waals surface area (Å²) in [4.78, 5) is 27.2. The molecule has 0 aliphatic heterocycles. The first kappa shape index (κ1) is 22.8. The molecule has 1 unspecified atom stereocenters. The summed E-state index contributed by atoms with van der Waals surface area (Å²) in [7, 11) is 0. The SMILES string of the molecule is CCOC(C)C(=O)Nc1ccc(-c2nn3nc(C(C)(C)C)c(Cl)c3[nH]2)c(NC(C)=O)c1. The number of amides is 2. The molecule has 0 aliphatic rings. The number of H-pyrrole nitrogens is 1. The van der Waals surface area contributed by atoms with Crippen molar-refractivity contribution in [1.82, 2.24) is 19.8 Å². The fraction of sp³-hybridized carbons (Fsp3) is 0.429. The highest BCUT2D eigenvalue weighted by Gasteiger charge is 2.25. The van der Waals surface area contributed by atoms with Crippen LogP contribution >= 0.6 is 11.6 Å². The summed E-state index contributed by atoms with van der Waals surface area (Å²) in [6.45, 7) is 11.4. The largest absolute Gasteiger partial charge is 0.369 e. The first-order valence-corrected chi connectivity index (χ1v) is 10.4. The summed E-state index contributed by atoms with van der Waals surface area (Å²) in [6.07, 6.45) is -0.592. The molecule has 2 aromatic heterocycles. The summed E-state index contributed by atoms with van der Waals surface area (Å²) in [6, 6.07) is 5.15. The van der Waals surface area contributed by atoms with Gasteiger partial charge in [-0.25, -0.2) is 0 Å². The van der Waals surface area contributed by atoms with Gasteiger partial charge in [0.2, 0.25) is 5.91 Å². The number of rotatable bonds is 6. The summed E-state index contributed by atoms with van der Waals surface area (Å²) >= 11 is 6.52. The van der Waals surface area contributed by atoms with Crippen molar-refractivity contribution in [2.24, 2.45) is 0 Å². The van der Waals surface area contributed by atoms with Gasteiger partial charge in [-0.05, 0) is 32.0 Å². The van der Waals surface area contributed by atoms with Gasteiger partial charge in [-0.2, -0.15) is 5.10 Å². The van der Waals surface area contributed by atoms with Gasteiger partial charge in [-0.3, -0.25) is 9.59 Å². The van der Waals surface area contributed by atoms with Crippen LogP contribution in [-0.4, -0.2) is 44.3 Å². The van der Waals surface area contributed by atoms with E-state index in [0.29, 0.717) is 40.0 Å². The van der Waals surface area contributed by atoms with Gasteiger partial charge in [0.05, 0.1) is 11.4 Å². The topological polar surface area (TPSA) is 113 Å². The van der Waals surface area contributed by atoms with Crippen LogP contribution in [0.2, 0.25) is 5.02 Å². The highest BCUT2D eigenvalue weighted by atomic mass is 35.5. The van der Waals surface area contributed by atoms with Crippen LogP contribution in [-0.2, 0) is 19.7 Å². The summed E-state index contributed by atoms with van der Waals surface area (Å²) < 4.78 is 6.77. The van der Waals surface area contributed by atoms with E-state index in [1.807, 2.05) is 27.7 Å². The number of aromatic nitrogens is 4. The van der Waals surface area contributed by atoms with E-state index in [-0.39, 0.29) is 17.2 Å². The number of nitrogens with one attached hydrogen (secondary N) is 3. The molecular weight excluding hydrogens is 420 g/mol. The molecule has 0 fully saturated rings. The van der Waals surface area contributed by atoms with Gasteiger partial charge in [-0.1, -0.05) is 32.4 Å². The van der Waals surface area contributed by atoms with Crippen molar-refractivity contribution in [3.8, 4) is 11.4 Å². The van der Waals surface area contributed by atoms with Crippen molar-refractivity contribution < 1.29 is 14.3 Å². The van der Waals surface area contributed by atoms with Crippen molar-refractivity contribution in [1.29, 1.82) is 0 Å². The van der Waals surface area contributed by atoms with E-state index < -0.39 is 6.10 Å². The van der Waals surface area contributed by atoms with Crippen LogP contribution in [0.4, 0.5) is 11.4 Å².